The predicted octanol–water partition coefficient (Wildman–Crippen LogP) is 4.13. The van der Waals surface area contributed by atoms with Crippen LogP contribution < -0.4 is 10.2 Å². The molecule has 2 aromatic heterocycles. The molecule has 0 bridgehead atoms. The molecule has 1 N–H and O–H groups in total. The van der Waals surface area contributed by atoms with E-state index in [2.05, 4.69) is 39.5 Å². The highest BCUT2D eigenvalue weighted by molar-refractivity contribution is 5.86. The molecule has 34 heavy (non-hydrogen) atoms. The Morgan fingerprint density at radius 1 is 0.941 bits per heavy atom. The van der Waals surface area contributed by atoms with Crippen molar-refractivity contribution in [1.29, 1.82) is 0 Å². The number of carbonyl (C=O) groups excluding carboxylic acids is 1. The lowest BCUT2D eigenvalue weighted by molar-refractivity contribution is -0.123. The highest BCUT2D eigenvalue weighted by atomic mass is 16.4. The van der Waals surface area contributed by atoms with Gasteiger partial charge in [-0.15, -0.1) is 0 Å². The minimum Gasteiger partial charge on any atom is -0.423 e. The van der Waals surface area contributed by atoms with Crippen molar-refractivity contribution in [2.45, 2.75) is 44.3 Å². The smallest absolute Gasteiger partial charge is 0.299 e. The van der Waals surface area contributed by atoms with E-state index in [1.165, 1.54) is 0 Å². The van der Waals surface area contributed by atoms with Crippen LogP contribution in [0, 0.1) is 0 Å². The number of piperidine rings is 1. The summed E-state index contributed by atoms with van der Waals surface area (Å²) in [7, 11) is 0. The molecule has 4 heterocycles. The molecule has 7 heteroatoms. The first-order valence-corrected chi connectivity index (χ1v) is 12.2. The first kappa shape index (κ1) is 21.1. The molecule has 0 spiro atoms. The number of anilines is 1. The summed E-state index contributed by atoms with van der Waals surface area (Å²) in [4.78, 5) is 27.2. The van der Waals surface area contributed by atoms with Crippen molar-refractivity contribution in [3.05, 3.63) is 66.4 Å². The Morgan fingerprint density at radius 3 is 2.71 bits per heavy atom. The number of hydrogen-bond acceptors (Lipinski definition) is 6. The Morgan fingerprint density at radius 2 is 1.79 bits per heavy atom. The second-order valence-corrected chi connectivity index (χ2v) is 9.39. The Hall–Kier alpha value is -3.45. The maximum atomic E-state index is 13.3. The van der Waals surface area contributed by atoms with E-state index in [9.17, 15) is 4.79 Å². The van der Waals surface area contributed by atoms with E-state index in [-0.39, 0.29) is 18.0 Å². The third-order valence-corrected chi connectivity index (χ3v) is 6.99. The molecule has 0 unspecified atom stereocenters. The van der Waals surface area contributed by atoms with E-state index in [1.807, 2.05) is 41.3 Å². The fourth-order valence-corrected chi connectivity index (χ4v) is 5.23. The normalized spacial score (nSPS) is 21.4. The molecule has 0 saturated carbocycles. The zero-order chi connectivity index (χ0) is 22.9. The van der Waals surface area contributed by atoms with E-state index < -0.39 is 0 Å². The number of nitrogens with one attached hydrogen (secondary N) is 1. The first-order valence-electron chi connectivity index (χ1n) is 12.2. The summed E-state index contributed by atoms with van der Waals surface area (Å²) in [6, 6.07) is 20.7. The summed E-state index contributed by atoms with van der Waals surface area (Å²) in [5, 5.41) is 4.48. The van der Waals surface area contributed by atoms with E-state index in [1.54, 1.807) is 0 Å². The maximum absolute atomic E-state index is 13.3. The maximum Gasteiger partial charge on any atom is 0.299 e. The Bertz CT molecular complexity index is 1290. The number of hydrogen-bond donors (Lipinski definition) is 1. The molecule has 1 amide bonds. The lowest BCUT2D eigenvalue weighted by atomic mass is 10.0. The Labute approximate surface area is 198 Å². The molecule has 2 saturated heterocycles. The molecular formula is C27H29N5O2. The number of pyridine rings is 1. The molecule has 2 aromatic carbocycles. The molecule has 2 aliphatic heterocycles. The van der Waals surface area contributed by atoms with Crippen LogP contribution in [0.4, 0.5) is 6.01 Å². The van der Waals surface area contributed by atoms with Gasteiger partial charge < -0.3 is 14.6 Å². The summed E-state index contributed by atoms with van der Waals surface area (Å²) in [6.07, 6.45) is 3.86. The van der Waals surface area contributed by atoms with Crippen molar-refractivity contribution in [1.82, 2.24) is 20.2 Å². The summed E-state index contributed by atoms with van der Waals surface area (Å²) in [5.74, 6) is 0.0811. The highest BCUT2D eigenvalue weighted by Gasteiger charge is 2.34. The van der Waals surface area contributed by atoms with E-state index >= 15 is 0 Å². The first-order chi connectivity index (χ1) is 16.7. The molecule has 174 valence electrons. The zero-order valence-electron chi connectivity index (χ0n) is 19.2. The van der Waals surface area contributed by atoms with Crippen molar-refractivity contribution in [2.75, 3.05) is 24.5 Å². The van der Waals surface area contributed by atoms with Crippen LogP contribution in [-0.2, 0) is 11.3 Å². The van der Waals surface area contributed by atoms with Crippen molar-refractivity contribution in [3.63, 3.8) is 0 Å². The summed E-state index contributed by atoms with van der Waals surface area (Å²) >= 11 is 0. The van der Waals surface area contributed by atoms with Crippen LogP contribution in [0.3, 0.4) is 0 Å². The minimum absolute atomic E-state index is 0.0811. The van der Waals surface area contributed by atoms with Gasteiger partial charge in [0.1, 0.15) is 11.6 Å². The number of oxazole rings is 1. The third-order valence-electron chi connectivity index (χ3n) is 6.99. The standard InChI is InChI=1S/C27H29N5O2/c33-26(24-10-5-6-15-32(24)27-30-23-9-3-4-11-25(23)34-27)29-21-14-16-31(18-21)17-20-13-12-19-7-1-2-8-22(19)28-20/h1-4,7-9,11-13,21,24H,5-6,10,14-18H2,(H,29,33)/t21-,24-/m0/s1. The molecule has 2 aliphatic rings. The van der Waals surface area contributed by atoms with E-state index in [0.717, 1.165) is 79.6 Å². The summed E-state index contributed by atoms with van der Waals surface area (Å²) in [6.45, 7) is 3.39. The number of benzene rings is 2. The van der Waals surface area contributed by atoms with Gasteiger partial charge in [-0.3, -0.25) is 14.7 Å². The van der Waals surface area contributed by atoms with Crippen LogP contribution in [0.15, 0.2) is 65.1 Å². The van der Waals surface area contributed by atoms with Gasteiger partial charge in [-0.2, -0.15) is 4.98 Å². The predicted molar refractivity (Wildman–Crippen MR) is 133 cm³/mol. The monoisotopic (exact) mass is 455 g/mol. The van der Waals surface area contributed by atoms with Gasteiger partial charge >= 0.3 is 0 Å². The average molecular weight is 456 g/mol. The number of para-hydroxylation sites is 3. The third kappa shape index (κ3) is 4.23. The molecular weight excluding hydrogens is 426 g/mol. The number of fused-ring (bicyclic) bond motifs is 2. The highest BCUT2D eigenvalue weighted by Crippen LogP contribution is 2.28. The van der Waals surface area contributed by atoms with Crippen molar-refractivity contribution in [2.24, 2.45) is 0 Å². The fourth-order valence-electron chi connectivity index (χ4n) is 5.23. The van der Waals surface area contributed by atoms with Gasteiger partial charge in [-0.1, -0.05) is 36.4 Å². The van der Waals surface area contributed by atoms with Crippen LogP contribution in [0.5, 0.6) is 0 Å². The zero-order valence-corrected chi connectivity index (χ0v) is 19.2. The summed E-state index contributed by atoms with van der Waals surface area (Å²) < 4.78 is 5.99. The second kappa shape index (κ2) is 9.06. The fraction of sp³-hybridized carbons (Fsp3) is 0.370. The average Bonchev–Trinajstić information content (AvgIpc) is 3.50. The van der Waals surface area contributed by atoms with Gasteiger partial charge in [-0.25, -0.2) is 0 Å². The van der Waals surface area contributed by atoms with Gasteiger partial charge in [0.05, 0.1) is 11.2 Å². The Balaban J connectivity index is 1.10. The molecule has 0 radical (unpaired) electrons. The minimum atomic E-state index is -0.238. The lowest BCUT2D eigenvalue weighted by Gasteiger charge is -2.34. The number of nitrogens with zero attached hydrogens (tertiary/aromatic N) is 4. The van der Waals surface area contributed by atoms with Crippen molar-refractivity contribution >= 4 is 33.9 Å². The lowest BCUT2D eigenvalue weighted by Crippen LogP contribution is -2.52. The van der Waals surface area contributed by atoms with Gasteiger partial charge in [0.15, 0.2) is 5.58 Å². The number of rotatable bonds is 5. The number of amides is 1. The van der Waals surface area contributed by atoms with Crippen molar-refractivity contribution in [3.8, 4) is 0 Å². The van der Waals surface area contributed by atoms with Crippen LogP contribution in [-0.4, -0.2) is 52.5 Å². The van der Waals surface area contributed by atoms with E-state index in [4.69, 9.17) is 9.40 Å². The molecule has 7 nitrogen and oxygen atoms in total. The van der Waals surface area contributed by atoms with Crippen LogP contribution in [0.1, 0.15) is 31.4 Å². The quantitative estimate of drug-likeness (QED) is 0.488. The van der Waals surface area contributed by atoms with Crippen LogP contribution >= 0.6 is 0 Å². The number of aromatic nitrogens is 2. The Kier molecular flexibility index (Phi) is 5.63. The second-order valence-electron chi connectivity index (χ2n) is 9.39. The largest absolute Gasteiger partial charge is 0.423 e. The molecule has 2 fully saturated rings. The van der Waals surface area contributed by atoms with Gasteiger partial charge in [-0.05, 0) is 49.9 Å². The molecule has 0 aliphatic carbocycles. The molecule has 6 rings (SSSR count). The number of carbonyl (C=O) groups is 1. The van der Waals surface area contributed by atoms with Crippen molar-refractivity contribution < 1.29 is 9.21 Å². The summed E-state index contributed by atoms with van der Waals surface area (Å²) in [5.41, 5.74) is 3.69. The van der Waals surface area contributed by atoms with Gasteiger partial charge in [0.25, 0.3) is 6.01 Å². The number of likely N-dealkylation sites (tertiary alicyclic amines) is 1. The molecule has 4 aromatic rings. The van der Waals surface area contributed by atoms with E-state index in [0.29, 0.717) is 6.01 Å². The van der Waals surface area contributed by atoms with Crippen LogP contribution in [0.2, 0.25) is 0 Å². The van der Waals surface area contributed by atoms with Gasteiger partial charge in [0.2, 0.25) is 5.91 Å². The SMILES string of the molecule is O=C(N[C@H]1CCN(Cc2ccc3ccccc3n2)C1)[C@@H]1CCCCN1c1nc2ccccc2o1. The molecule has 2 atom stereocenters. The topological polar surface area (TPSA) is 74.5 Å². The van der Waals surface area contributed by atoms with Crippen LogP contribution in [0.25, 0.3) is 22.0 Å². The van der Waals surface area contributed by atoms with Gasteiger partial charge in [0, 0.05) is 37.6 Å².